The first-order chi connectivity index (χ1) is 9.48. The van der Waals surface area contributed by atoms with E-state index in [1.807, 2.05) is 19.1 Å². The SMILES string of the molecule is Cc1cc2c(c3c1C=CC(C)(CC(=O)O)O3)CCCC2. The smallest absolute Gasteiger partial charge is 0.307 e. The first kappa shape index (κ1) is 13.2. The third-order valence-corrected chi connectivity index (χ3v) is 4.28. The van der Waals surface area contributed by atoms with Gasteiger partial charge < -0.3 is 9.84 Å². The van der Waals surface area contributed by atoms with Gasteiger partial charge >= 0.3 is 5.97 Å². The zero-order chi connectivity index (χ0) is 14.3. The average Bonchev–Trinajstić information content (AvgIpc) is 2.37. The molecule has 3 heteroatoms. The van der Waals surface area contributed by atoms with Crippen molar-refractivity contribution in [2.24, 2.45) is 0 Å². The highest BCUT2D eigenvalue weighted by molar-refractivity contribution is 5.72. The van der Waals surface area contributed by atoms with Gasteiger partial charge in [-0.05, 0) is 62.3 Å². The monoisotopic (exact) mass is 272 g/mol. The van der Waals surface area contributed by atoms with Crippen molar-refractivity contribution in [1.29, 1.82) is 0 Å². The molecular formula is C17H20O3. The van der Waals surface area contributed by atoms with Crippen molar-refractivity contribution in [1.82, 2.24) is 0 Å². The highest BCUT2D eigenvalue weighted by Crippen LogP contribution is 2.41. The average molecular weight is 272 g/mol. The van der Waals surface area contributed by atoms with E-state index in [0.29, 0.717) is 0 Å². The van der Waals surface area contributed by atoms with Gasteiger partial charge in [0.2, 0.25) is 0 Å². The highest BCUT2D eigenvalue weighted by atomic mass is 16.5. The molecule has 0 radical (unpaired) electrons. The summed E-state index contributed by atoms with van der Waals surface area (Å²) in [6.45, 7) is 3.94. The van der Waals surface area contributed by atoms with Gasteiger partial charge in [-0.25, -0.2) is 0 Å². The Balaban J connectivity index is 2.07. The largest absolute Gasteiger partial charge is 0.482 e. The first-order valence-corrected chi connectivity index (χ1v) is 7.24. The summed E-state index contributed by atoms with van der Waals surface area (Å²) in [6, 6.07) is 2.26. The van der Waals surface area contributed by atoms with Gasteiger partial charge in [0.05, 0.1) is 6.42 Å². The lowest BCUT2D eigenvalue weighted by Crippen LogP contribution is -2.35. The van der Waals surface area contributed by atoms with E-state index >= 15 is 0 Å². The lowest BCUT2D eigenvalue weighted by atomic mass is 9.85. The number of ether oxygens (including phenoxy) is 1. The van der Waals surface area contributed by atoms with Crippen molar-refractivity contribution >= 4 is 12.0 Å². The van der Waals surface area contributed by atoms with Crippen molar-refractivity contribution in [2.75, 3.05) is 0 Å². The van der Waals surface area contributed by atoms with Crippen LogP contribution >= 0.6 is 0 Å². The second-order valence-electron chi connectivity index (χ2n) is 6.10. The maximum Gasteiger partial charge on any atom is 0.307 e. The Morgan fingerprint density at radius 3 is 2.90 bits per heavy atom. The van der Waals surface area contributed by atoms with Crippen LogP contribution in [-0.4, -0.2) is 16.7 Å². The lowest BCUT2D eigenvalue weighted by molar-refractivity contribution is -0.140. The quantitative estimate of drug-likeness (QED) is 0.896. The van der Waals surface area contributed by atoms with Crippen LogP contribution in [0.25, 0.3) is 6.08 Å². The van der Waals surface area contributed by atoms with Gasteiger partial charge in [0.1, 0.15) is 11.4 Å². The van der Waals surface area contributed by atoms with Crippen LogP contribution in [0.4, 0.5) is 0 Å². The number of fused-ring (bicyclic) bond motifs is 3. The number of aliphatic carboxylic acids is 1. The third kappa shape index (κ3) is 2.21. The number of carboxylic acid groups (broad SMARTS) is 1. The Bertz CT molecular complexity index is 601. The minimum atomic E-state index is -0.831. The number of hydrogen-bond donors (Lipinski definition) is 1. The van der Waals surface area contributed by atoms with Crippen LogP contribution in [0, 0.1) is 6.92 Å². The van der Waals surface area contributed by atoms with Crippen LogP contribution in [-0.2, 0) is 17.6 Å². The number of rotatable bonds is 2. The van der Waals surface area contributed by atoms with E-state index < -0.39 is 11.6 Å². The Labute approximate surface area is 119 Å². The number of hydrogen-bond acceptors (Lipinski definition) is 2. The van der Waals surface area contributed by atoms with E-state index in [1.54, 1.807) is 0 Å². The Kier molecular flexibility index (Phi) is 3.08. The summed E-state index contributed by atoms with van der Waals surface area (Å²) in [4.78, 5) is 11.0. The molecule has 20 heavy (non-hydrogen) atoms. The van der Waals surface area contributed by atoms with Crippen molar-refractivity contribution in [3.05, 3.63) is 34.4 Å². The topological polar surface area (TPSA) is 46.5 Å². The molecular weight excluding hydrogens is 252 g/mol. The van der Waals surface area contributed by atoms with Crippen LogP contribution in [0.1, 0.15) is 48.4 Å². The van der Waals surface area contributed by atoms with Crippen molar-refractivity contribution < 1.29 is 14.6 Å². The molecule has 3 rings (SSSR count). The molecule has 1 aromatic rings. The van der Waals surface area contributed by atoms with Crippen molar-refractivity contribution in [3.8, 4) is 5.75 Å². The zero-order valence-electron chi connectivity index (χ0n) is 12.0. The van der Waals surface area contributed by atoms with E-state index in [4.69, 9.17) is 9.84 Å². The van der Waals surface area contributed by atoms with Gasteiger partial charge in [0.15, 0.2) is 0 Å². The molecule has 0 spiro atoms. The van der Waals surface area contributed by atoms with Crippen LogP contribution in [0.15, 0.2) is 12.1 Å². The number of benzene rings is 1. The zero-order valence-corrected chi connectivity index (χ0v) is 12.0. The fraction of sp³-hybridized carbons (Fsp3) is 0.471. The van der Waals surface area contributed by atoms with Crippen molar-refractivity contribution in [2.45, 2.75) is 51.6 Å². The minimum Gasteiger partial charge on any atom is -0.482 e. The Hall–Kier alpha value is -1.77. The molecule has 0 bridgehead atoms. The number of aryl methyl sites for hydroxylation is 2. The van der Waals surface area contributed by atoms with Gasteiger partial charge in [-0.1, -0.05) is 12.1 Å². The number of carbonyl (C=O) groups is 1. The molecule has 0 aromatic heterocycles. The predicted molar refractivity (Wildman–Crippen MR) is 78.1 cm³/mol. The summed E-state index contributed by atoms with van der Waals surface area (Å²) in [5.74, 6) is 0.0908. The molecule has 1 N–H and O–H groups in total. The molecule has 106 valence electrons. The molecule has 0 saturated carbocycles. The van der Waals surface area contributed by atoms with E-state index in [9.17, 15) is 4.79 Å². The van der Waals surface area contributed by atoms with E-state index in [-0.39, 0.29) is 6.42 Å². The van der Waals surface area contributed by atoms with Crippen LogP contribution < -0.4 is 4.74 Å². The predicted octanol–water partition coefficient (Wildman–Crippen LogP) is 3.51. The second-order valence-corrected chi connectivity index (χ2v) is 6.10. The van der Waals surface area contributed by atoms with E-state index in [1.165, 1.54) is 29.5 Å². The van der Waals surface area contributed by atoms with Crippen LogP contribution in [0.5, 0.6) is 5.75 Å². The molecule has 1 aliphatic carbocycles. The second kappa shape index (κ2) is 4.65. The molecule has 1 unspecified atom stereocenters. The summed E-state index contributed by atoms with van der Waals surface area (Å²) < 4.78 is 6.14. The molecule has 2 aliphatic rings. The summed E-state index contributed by atoms with van der Waals surface area (Å²) in [5, 5.41) is 9.06. The Morgan fingerprint density at radius 1 is 1.40 bits per heavy atom. The van der Waals surface area contributed by atoms with E-state index in [2.05, 4.69) is 13.0 Å². The fourth-order valence-corrected chi connectivity index (χ4v) is 3.27. The number of carboxylic acids is 1. The summed E-state index contributed by atoms with van der Waals surface area (Å²) in [7, 11) is 0. The highest BCUT2D eigenvalue weighted by Gasteiger charge is 2.33. The van der Waals surface area contributed by atoms with Crippen LogP contribution in [0.3, 0.4) is 0 Å². The molecule has 1 aliphatic heterocycles. The lowest BCUT2D eigenvalue weighted by Gasteiger charge is -2.34. The van der Waals surface area contributed by atoms with Crippen molar-refractivity contribution in [3.63, 3.8) is 0 Å². The molecule has 0 fully saturated rings. The Morgan fingerprint density at radius 2 is 2.15 bits per heavy atom. The fourth-order valence-electron chi connectivity index (χ4n) is 3.27. The summed E-state index contributed by atoms with van der Waals surface area (Å²) in [5.41, 5.74) is 4.26. The molecule has 1 atom stereocenters. The standard InChI is InChI=1S/C17H20O3/c1-11-9-12-5-3-4-6-14(12)16-13(11)7-8-17(2,20-16)10-15(18)19/h7-9H,3-6,10H2,1-2H3,(H,18,19). The summed E-state index contributed by atoms with van der Waals surface area (Å²) >= 11 is 0. The van der Waals surface area contributed by atoms with Gasteiger partial charge in [-0.2, -0.15) is 0 Å². The third-order valence-electron chi connectivity index (χ3n) is 4.28. The maximum atomic E-state index is 11.0. The van der Waals surface area contributed by atoms with Gasteiger partial charge in [0.25, 0.3) is 0 Å². The molecule has 1 aromatic carbocycles. The minimum absolute atomic E-state index is 0.00828. The molecule has 3 nitrogen and oxygen atoms in total. The summed E-state index contributed by atoms with van der Waals surface area (Å²) in [6.07, 6.45) is 8.46. The normalized spacial score (nSPS) is 23.7. The molecule has 1 heterocycles. The maximum absolute atomic E-state index is 11.0. The van der Waals surface area contributed by atoms with Crippen LogP contribution in [0.2, 0.25) is 0 Å². The van der Waals surface area contributed by atoms with Gasteiger partial charge in [-0.3, -0.25) is 4.79 Å². The molecule has 0 saturated heterocycles. The van der Waals surface area contributed by atoms with E-state index in [0.717, 1.165) is 24.2 Å². The first-order valence-electron chi connectivity index (χ1n) is 7.24. The van der Waals surface area contributed by atoms with Gasteiger partial charge in [-0.15, -0.1) is 0 Å². The molecule has 0 amide bonds. The van der Waals surface area contributed by atoms with Gasteiger partial charge in [0, 0.05) is 5.56 Å².